The van der Waals surface area contributed by atoms with Crippen molar-refractivity contribution in [1.82, 2.24) is 15.0 Å². The molecule has 0 atom stereocenters. The molecule has 0 spiro atoms. The molecule has 4 aromatic rings. The Kier molecular flexibility index (Phi) is 4.18. The van der Waals surface area contributed by atoms with Crippen LogP contribution in [0.5, 0.6) is 0 Å². The highest BCUT2D eigenvalue weighted by atomic mass is 32.2. The summed E-state index contributed by atoms with van der Waals surface area (Å²) < 4.78 is 1.07. The van der Waals surface area contributed by atoms with Gasteiger partial charge in [0.25, 0.3) is 0 Å². The molecule has 0 saturated carbocycles. The highest BCUT2D eigenvalue weighted by Crippen LogP contribution is 2.25. The highest BCUT2D eigenvalue weighted by Gasteiger charge is 2.09. The number of amides is 1. The van der Waals surface area contributed by atoms with Gasteiger partial charge in [-0.3, -0.25) is 4.79 Å². The number of fused-ring (bicyclic) bond motifs is 2. The first-order valence-corrected chi connectivity index (χ1v) is 9.42. The predicted molar refractivity (Wildman–Crippen MR) is 101 cm³/mol. The lowest BCUT2D eigenvalue weighted by Crippen LogP contribution is -2.13. The van der Waals surface area contributed by atoms with Crippen molar-refractivity contribution in [2.45, 2.75) is 5.75 Å². The second-order valence-electron chi connectivity index (χ2n) is 5.23. The lowest BCUT2D eigenvalue weighted by Gasteiger charge is -2.00. The van der Waals surface area contributed by atoms with Gasteiger partial charge >= 0.3 is 0 Å². The monoisotopic (exact) mass is 354 g/mol. The van der Waals surface area contributed by atoms with E-state index in [1.165, 1.54) is 23.1 Å². The van der Waals surface area contributed by atoms with Crippen molar-refractivity contribution >= 4 is 55.4 Å². The number of para-hydroxylation sites is 3. The standard InChI is InChI=1S/C17H14N4OS2/c22-16(21-17-20-13-7-3-4-8-14(13)24-17)10-23-9-15-18-11-5-1-2-6-12(11)19-15/h1-8H,9-10H2,(H,18,19)(H,20,21,22). The van der Waals surface area contributed by atoms with Gasteiger partial charge in [-0.2, -0.15) is 0 Å². The lowest BCUT2D eigenvalue weighted by atomic mass is 10.3. The molecule has 4 rings (SSSR count). The number of rotatable bonds is 5. The average Bonchev–Trinajstić information content (AvgIpc) is 3.17. The number of hydrogen-bond acceptors (Lipinski definition) is 5. The third-order valence-corrected chi connectivity index (χ3v) is 5.35. The number of imidazole rings is 1. The molecule has 0 radical (unpaired) electrons. The fraction of sp³-hybridized carbons (Fsp3) is 0.118. The van der Waals surface area contributed by atoms with Crippen LogP contribution in [0.4, 0.5) is 5.13 Å². The van der Waals surface area contributed by atoms with Gasteiger partial charge in [0.1, 0.15) is 5.82 Å². The largest absolute Gasteiger partial charge is 0.341 e. The molecule has 2 aromatic carbocycles. The number of nitrogens with zero attached hydrogens (tertiary/aromatic N) is 2. The van der Waals surface area contributed by atoms with Crippen LogP contribution in [0, 0.1) is 0 Å². The fourth-order valence-electron chi connectivity index (χ4n) is 2.40. The zero-order valence-corrected chi connectivity index (χ0v) is 14.3. The maximum atomic E-state index is 12.1. The summed E-state index contributed by atoms with van der Waals surface area (Å²) in [4.78, 5) is 24.2. The van der Waals surface area contributed by atoms with Crippen LogP contribution in [-0.4, -0.2) is 26.6 Å². The quantitative estimate of drug-likeness (QED) is 0.567. The van der Waals surface area contributed by atoms with Crippen LogP contribution < -0.4 is 5.32 Å². The molecule has 1 amide bonds. The molecule has 2 N–H and O–H groups in total. The summed E-state index contributed by atoms with van der Waals surface area (Å²) in [5.74, 6) is 1.87. The smallest absolute Gasteiger partial charge is 0.236 e. The van der Waals surface area contributed by atoms with Crippen molar-refractivity contribution in [3.05, 3.63) is 54.4 Å². The third kappa shape index (κ3) is 3.27. The Balaban J connectivity index is 1.33. The summed E-state index contributed by atoms with van der Waals surface area (Å²) >= 11 is 3.01. The van der Waals surface area contributed by atoms with E-state index in [9.17, 15) is 4.79 Å². The highest BCUT2D eigenvalue weighted by molar-refractivity contribution is 7.99. The van der Waals surface area contributed by atoms with Gasteiger partial charge < -0.3 is 10.3 Å². The minimum absolute atomic E-state index is 0.0461. The van der Waals surface area contributed by atoms with Crippen molar-refractivity contribution < 1.29 is 4.79 Å². The normalized spacial score (nSPS) is 11.2. The van der Waals surface area contributed by atoms with E-state index in [0.29, 0.717) is 16.6 Å². The summed E-state index contributed by atoms with van der Waals surface area (Å²) in [5.41, 5.74) is 2.88. The van der Waals surface area contributed by atoms with Crippen LogP contribution in [0.1, 0.15) is 5.82 Å². The second kappa shape index (κ2) is 6.62. The lowest BCUT2D eigenvalue weighted by molar-refractivity contribution is -0.113. The molecule has 0 bridgehead atoms. The minimum Gasteiger partial charge on any atom is -0.341 e. The van der Waals surface area contributed by atoms with Crippen LogP contribution in [0.3, 0.4) is 0 Å². The number of anilines is 1. The van der Waals surface area contributed by atoms with Crippen LogP contribution in [-0.2, 0) is 10.5 Å². The number of carbonyl (C=O) groups excluding carboxylic acids is 1. The molecule has 0 aliphatic rings. The third-order valence-electron chi connectivity index (χ3n) is 3.45. The van der Waals surface area contributed by atoms with Gasteiger partial charge in [-0.05, 0) is 24.3 Å². The fourth-order valence-corrected chi connectivity index (χ4v) is 3.97. The van der Waals surface area contributed by atoms with Gasteiger partial charge in [-0.1, -0.05) is 35.6 Å². The number of aromatic amines is 1. The van der Waals surface area contributed by atoms with E-state index in [1.807, 2.05) is 48.5 Å². The van der Waals surface area contributed by atoms with Crippen LogP contribution in [0.2, 0.25) is 0 Å². The van der Waals surface area contributed by atoms with Crippen molar-refractivity contribution in [2.24, 2.45) is 0 Å². The molecular formula is C17H14N4OS2. The molecule has 5 nitrogen and oxygen atoms in total. The Labute approximate surface area is 146 Å². The Hall–Kier alpha value is -2.38. The van der Waals surface area contributed by atoms with Gasteiger partial charge in [-0.25, -0.2) is 9.97 Å². The Morgan fingerprint density at radius 3 is 2.71 bits per heavy atom. The van der Waals surface area contributed by atoms with Crippen LogP contribution in [0.15, 0.2) is 48.5 Å². The number of nitrogens with one attached hydrogen (secondary N) is 2. The SMILES string of the molecule is O=C(CSCc1nc2ccccc2[nH]1)Nc1nc2ccccc2s1. The van der Waals surface area contributed by atoms with E-state index in [2.05, 4.69) is 20.3 Å². The van der Waals surface area contributed by atoms with Crippen molar-refractivity contribution in [3.63, 3.8) is 0 Å². The van der Waals surface area contributed by atoms with Crippen molar-refractivity contribution in [1.29, 1.82) is 0 Å². The topological polar surface area (TPSA) is 70.7 Å². The first-order valence-electron chi connectivity index (χ1n) is 7.45. The maximum Gasteiger partial charge on any atom is 0.236 e. The zero-order valence-electron chi connectivity index (χ0n) is 12.7. The predicted octanol–water partition coefficient (Wildman–Crippen LogP) is 4.04. The molecule has 2 heterocycles. The summed E-state index contributed by atoms with van der Waals surface area (Å²) in [6.45, 7) is 0. The van der Waals surface area contributed by atoms with E-state index >= 15 is 0 Å². The summed E-state index contributed by atoms with van der Waals surface area (Å²) in [7, 11) is 0. The molecule has 120 valence electrons. The van der Waals surface area contributed by atoms with Gasteiger partial charge in [0.05, 0.1) is 32.8 Å². The number of H-pyrrole nitrogens is 1. The van der Waals surface area contributed by atoms with Gasteiger partial charge in [-0.15, -0.1) is 11.8 Å². The number of thiazole rings is 1. The number of aromatic nitrogens is 3. The molecule has 2 aromatic heterocycles. The Bertz CT molecular complexity index is 942. The summed E-state index contributed by atoms with van der Waals surface area (Å²) in [5, 5.41) is 3.51. The molecule has 0 fully saturated rings. The first kappa shape index (κ1) is 15.2. The van der Waals surface area contributed by atoms with Gasteiger partial charge in [0, 0.05) is 0 Å². The minimum atomic E-state index is -0.0461. The summed E-state index contributed by atoms with van der Waals surface area (Å²) in [6.07, 6.45) is 0. The van der Waals surface area contributed by atoms with E-state index in [0.717, 1.165) is 27.1 Å². The summed E-state index contributed by atoms with van der Waals surface area (Å²) in [6, 6.07) is 15.8. The van der Waals surface area contributed by atoms with E-state index in [4.69, 9.17) is 0 Å². The molecule has 0 saturated heterocycles. The van der Waals surface area contributed by atoms with Crippen LogP contribution in [0.25, 0.3) is 21.3 Å². The van der Waals surface area contributed by atoms with Crippen molar-refractivity contribution in [3.8, 4) is 0 Å². The number of hydrogen-bond donors (Lipinski definition) is 2. The molecule has 24 heavy (non-hydrogen) atoms. The number of benzene rings is 2. The molecule has 0 unspecified atom stereocenters. The Morgan fingerprint density at radius 2 is 1.88 bits per heavy atom. The van der Waals surface area contributed by atoms with E-state index in [-0.39, 0.29) is 5.91 Å². The molecule has 0 aliphatic carbocycles. The molecular weight excluding hydrogens is 340 g/mol. The van der Waals surface area contributed by atoms with Gasteiger partial charge in [0.15, 0.2) is 5.13 Å². The second-order valence-corrected chi connectivity index (χ2v) is 7.24. The van der Waals surface area contributed by atoms with Gasteiger partial charge in [0.2, 0.25) is 5.91 Å². The number of thioether (sulfide) groups is 1. The molecule has 0 aliphatic heterocycles. The van der Waals surface area contributed by atoms with E-state index in [1.54, 1.807) is 0 Å². The maximum absolute atomic E-state index is 12.1. The number of carbonyl (C=O) groups is 1. The first-order chi connectivity index (χ1) is 11.8. The van der Waals surface area contributed by atoms with Crippen LogP contribution >= 0.6 is 23.1 Å². The van der Waals surface area contributed by atoms with Crippen molar-refractivity contribution in [2.75, 3.05) is 11.1 Å². The Morgan fingerprint density at radius 1 is 1.08 bits per heavy atom. The average molecular weight is 354 g/mol. The molecule has 7 heteroatoms. The van der Waals surface area contributed by atoms with E-state index < -0.39 is 0 Å². The zero-order chi connectivity index (χ0) is 16.4.